The molecule has 5 nitrogen and oxygen atoms in total. The first-order valence-electron chi connectivity index (χ1n) is 8.60. The number of nitrogens with one attached hydrogen (secondary N) is 1. The number of aromatic nitrogens is 2. The van der Waals surface area contributed by atoms with Crippen LogP contribution in [0.4, 0.5) is 0 Å². The molecule has 2 unspecified atom stereocenters. The normalized spacial score (nSPS) is 19.5. The van der Waals surface area contributed by atoms with Gasteiger partial charge < -0.3 is 14.8 Å². The molecule has 26 heavy (non-hydrogen) atoms. The average molecular weight is 399 g/mol. The highest BCUT2D eigenvalue weighted by molar-refractivity contribution is 5.96. The van der Waals surface area contributed by atoms with Crippen LogP contribution in [0.1, 0.15) is 41.3 Å². The molecule has 1 aliphatic heterocycles. The van der Waals surface area contributed by atoms with Crippen molar-refractivity contribution in [2.45, 2.75) is 46.3 Å². The van der Waals surface area contributed by atoms with E-state index in [9.17, 15) is 4.79 Å². The molecular formula is C19H28Cl2N4O. The Morgan fingerprint density at radius 3 is 2.65 bits per heavy atom. The van der Waals surface area contributed by atoms with Crippen molar-refractivity contribution in [3.8, 4) is 0 Å². The van der Waals surface area contributed by atoms with Crippen molar-refractivity contribution in [3.63, 3.8) is 0 Å². The first-order valence-corrected chi connectivity index (χ1v) is 8.60. The minimum absolute atomic E-state index is 0. The zero-order valence-electron chi connectivity index (χ0n) is 15.7. The van der Waals surface area contributed by atoms with Gasteiger partial charge in [-0.3, -0.25) is 9.78 Å². The van der Waals surface area contributed by atoms with E-state index in [1.54, 1.807) is 6.20 Å². The lowest BCUT2D eigenvalue weighted by atomic mass is 10.1. The maximum absolute atomic E-state index is 13.1. The van der Waals surface area contributed by atoms with Crippen molar-refractivity contribution in [2.24, 2.45) is 0 Å². The van der Waals surface area contributed by atoms with Gasteiger partial charge in [0.1, 0.15) is 0 Å². The highest BCUT2D eigenvalue weighted by Gasteiger charge is 2.30. The Hall–Kier alpha value is -1.56. The number of piperazine rings is 1. The summed E-state index contributed by atoms with van der Waals surface area (Å²) >= 11 is 0. The van der Waals surface area contributed by atoms with Crippen LogP contribution < -0.4 is 5.32 Å². The predicted molar refractivity (Wildman–Crippen MR) is 110 cm³/mol. The molecule has 1 fully saturated rings. The van der Waals surface area contributed by atoms with Gasteiger partial charge in [-0.15, -0.1) is 24.8 Å². The topological polar surface area (TPSA) is 50.2 Å². The second-order valence-corrected chi connectivity index (χ2v) is 6.67. The molecule has 1 aliphatic rings. The summed E-state index contributed by atoms with van der Waals surface area (Å²) in [4.78, 5) is 19.5. The van der Waals surface area contributed by atoms with Crippen LogP contribution in [0, 0.1) is 13.8 Å². The van der Waals surface area contributed by atoms with E-state index < -0.39 is 0 Å². The lowest BCUT2D eigenvalue weighted by Crippen LogP contribution is -2.57. The number of carbonyl (C=O) groups excluding carboxylic acids is 1. The summed E-state index contributed by atoms with van der Waals surface area (Å²) in [7, 11) is 0. The zero-order chi connectivity index (χ0) is 17.3. The molecule has 7 heteroatoms. The van der Waals surface area contributed by atoms with Gasteiger partial charge in [-0.1, -0.05) is 6.07 Å². The number of hydrogen-bond donors (Lipinski definition) is 1. The van der Waals surface area contributed by atoms with Crippen molar-refractivity contribution in [1.82, 2.24) is 19.8 Å². The summed E-state index contributed by atoms with van der Waals surface area (Å²) < 4.78 is 2.17. The van der Waals surface area contributed by atoms with Crippen molar-refractivity contribution in [1.29, 1.82) is 0 Å². The number of pyridine rings is 1. The zero-order valence-corrected chi connectivity index (χ0v) is 17.4. The lowest BCUT2D eigenvalue weighted by molar-refractivity contribution is 0.0602. The van der Waals surface area contributed by atoms with Gasteiger partial charge in [0.25, 0.3) is 5.91 Å². The number of rotatable bonds is 3. The van der Waals surface area contributed by atoms with Crippen LogP contribution in [0.5, 0.6) is 0 Å². The Morgan fingerprint density at radius 1 is 1.27 bits per heavy atom. The van der Waals surface area contributed by atoms with E-state index in [1.165, 1.54) is 0 Å². The molecule has 1 saturated heterocycles. The first kappa shape index (κ1) is 22.5. The molecule has 0 aromatic carbocycles. The van der Waals surface area contributed by atoms with E-state index in [2.05, 4.69) is 35.6 Å². The van der Waals surface area contributed by atoms with Crippen LogP contribution >= 0.6 is 24.8 Å². The molecule has 1 N–H and O–H groups in total. The Balaban J connectivity index is 0.00000169. The van der Waals surface area contributed by atoms with Crippen molar-refractivity contribution < 1.29 is 4.79 Å². The SMILES string of the molecule is Cc1cc(C(=O)N2CCNC(C)C2C)c(C)n1Cc1ccccn1.Cl.Cl. The molecule has 3 heterocycles. The van der Waals surface area contributed by atoms with Gasteiger partial charge in [0.05, 0.1) is 17.8 Å². The fourth-order valence-electron chi connectivity index (χ4n) is 3.41. The van der Waals surface area contributed by atoms with Crippen molar-refractivity contribution in [2.75, 3.05) is 13.1 Å². The second kappa shape index (κ2) is 9.40. The number of amides is 1. The van der Waals surface area contributed by atoms with E-state index in [0.29, 0.717) is 12.6 Å². The summed E-state index contributed by atoms with van der Waals surface area (Å²) in [5.74, 6) is 0.135. The average Bonchev–Trinajstić information content (AvgIpc) is 2.86. The quantitative estimate of drug-likeness (QED) is 0.863. The monoisotopic (exact) mass is 398 g/mol. The van der Waals surface area contributed by atoms with Crippen molar-refractivity contribution in [3.05, 3.63) is 53.1 Å². The molecule has 3 rings (SSSR count). The van der Waals surface area contributed by atoms with E-state index in [4.69, 9.17) is 0 Å². The lowest BCUT2D eigenvalue weighted by Gasteiger charge is -2.38. The summed E-state index contributed by atoms with van der Waals surface area (Å²) in [5, 5.41) is 3.42. The van der Waals surface area contributed by atoms with Gasteiger partial charge in [0.2, 0.25) is 0 Å². The van der Waals surface area contributed by atoms with Crippen LogP contribution in [0.3, 0.4) is 0 Å². The smallest absolute Gasteiger partial charge is 0.256 e. The van der Waals surface area contributed by atoms with Crippen LogP contribution in [0.2, 0.25) is 0 Å². The van der Waals surface area contributed by atoms with Crippen LogP contribution in [0.15, 0.2) is 30.5 Å². The molecular weight excluding hydrogens is 371 g/mol. The number of nitrogens with zero attached hydrogens (tertiary/aromatic N) is 3. The number of carbonyl (C=O) groups is 1. The van der Waals surface area contributed by atoms with Crippen LogP contribution in [0.25, 0.3) is 0 Å². The van der Waals surface area contributed by atoms with E-state index in [-0.39, 0.29) is 36.8 Å². The third-order valence-electron chi connectivity index (χ3n) is 5.15. The molecule has 0 saturated carbocycles. The highest BCUT2D eigenvalue weighted by atomic mass is 35.5. The predicted octanol–water partition coefficient (Wildman–Crippen LogP) is 3.21. The van der Waals surface area contributed by atoms with Crippen LogP contribution in [-0.4, -0.2) is 45.5 Å². The molecule has 0 radical (unpaired) electrons. The van der Waals surface area contributed by atoms with Gasteiger partial charge in [0, 0.05) is 42.8 Å². The maximum Gasteiger partial charge on any atom is 0.256 e. The van der Waals surface area contributed by atoms with Crippen molar-refractivity contribution >= 4 is 30.7 Å². The summed E-state index contributed by atoms with van der Waals surface area (Å²) in [6.45, 7) is 10.6. The fraction of sp³-hybridized carbons (Fsp3) is 0.474. The first-order chi connectivity index (χ1) is 11.5. The fourth-order valence-corrected chi connectivity index (χ4v) is 3.41. The molecule has 2 aromatic rings. The molecule has 0 aliphatic carbocycles. The third-order valence-corrected chi connectivity index (χ3v) is 5.15. The van der Waals surface area contributed by atoms with E-state index >= 15 is 0 Å². The standard InChI is InChI=1S/C19H26N4O.2ClH/c1-13-11-18(19(24)22-10-9-20-14(2)15(22)3)16(4)23(13)12-17-7-5-6-8-21-17;;/h5-8,11,14-15,20H,9-10,12H2,1-4H3;2*1H. The number of hydrogen-bond acceptors (Lipinski definition) is 3. The largest absolute Gasteiger partial charge is 0.342 e. The maximum atomic E-state index is 13.1. The van der Waals surface area contributed by atoms with E-state index in [1.807, 2.05) is 36.1 Å². The van der Waals surface area contributed by atoms with Gasteiger partial charge in [0.15, 0.2) is 0 Å². The molecule has 144 valence electrons. The molecule has 0 spiro atoms. The minimum atomic E-state index is 0. The summed E-state index contributed by atoms with van der Waals surface area (Å²) in [6, 6.07) is 8.46. The second-order valence-electron chi connectivity index (χ2n) is 6.67. The van der Waals surface area contributed by atoms with Gasteiger partial charge in [-0.05, 0) is 45.9 Å². The Labute approximate surface area is 168 Å². The third kappa shape index (κ3) is 4.40. The van der Waals surface area contributed by atoms with Gasteiger partial charge >= 0.3 is 0 Å². The molecule has 0 bridgehead atoms. The number of halogens is 2. The van der Waals surface area contributed by atoms with Crippen LogP contribution in [-0.2, 0) is 6.54 Å². The summed E-state index contributed by atoms with van der Waals surface area (Å²) in [6.07, 6.45) is 1.80. The van der Waals surface area contributed by atoms with Gasteiger partial charge in [-0.25, -0.2) is 0 Å². The Kier molecular flexibility index (Phi) is 8.13. The molecule has 1 amide bonds. The molecule has 2 atom stereocenters. The Bertz CT molecular complexity index is 733. The number of aryl methyl sites for hydroxylation is 1. The van der Waals surface area contributed by atoms with E-state index in [0.717, 1.165) is 35.7 Å². The minimum Gasteiger partial charge on any atom is -0.342 e. The molecule has 2 aromatic heterocycles. The summed E-state index contributed by atoms with van der Waals surface area (Å²) in [5.41, 5.74) is 3.92. The highest BCUT2D eigenvalue weighted by Crippen LogP contribution is 2.21. The van der Waals surface area contributed by atoms with Gasteiger partial charge in [-0.2, -0.15) is 0 Å². The Morgan fingerprint density at radius 2 is 2.00 bits per heavy atom.